The molecule has 9 nitrogen and oxygen atoms in total. The predicted octanol–water partition coefficient (Wildman–Crippen LogP) is 6.98. The second kappa shape index (κ2) is 13.0. The van der Waals surface area contributed by atoms with Gasteiger partial charge in [0.1, 0.15) is 34.9 Å². The van der Waals surface area contributed by atoms with Crippen LogP contribution in [0.4, 0.5) is 10.5 Å². The fourth-order valence-electron chi connectivity index (χ4n) is 4.46. The van der Waals surface area contributed by atoms with Gasteiger partial charge in [0.15, 0.2) is 0 Å². The molecular formula is C32H33N3O6. The molecular weight excluding hydrogens is 522 g/mol. The van der Waals surface area contributed by atoms with Crippen molar-refractivity contribution in [1.82, 2.24) is 5.32 Å². The van der Waals surface area contributed by atoms with Crippen LogP contribution in [0, 0.1) is 17.2 Å². The zero-order chi connectivity index (χ0) is 29.4. The van der Waals surface area contributed by atoms with Crippen LogP contribution in [0.1, 0.15) is 62.4 Å². The monoisotopic (exact) mass is 555 g/mol. The Morgan fingerprint density at radius 2 is 1.41 bits per heavy atom. The zero-order valence-electron chi connectivity index (χ0n) is 23.3. The Morgan fingerprint density at radius 3 is 1.93 bits per heavy atom. The number of nitrogens with one attached hydrogen (secondary N) is 2. The highest BCUT2D eigenvalue weighted by atomic mass is 16.6. The van der Waals surface area contributed by atoms with Crippen molar-refractivity contribution in [2.45, 2.75) is 58.1 Å². The zero-order valence-corrected chi connectivity index (χ0v) is 23.3. The van der Waals surface area contributed by atoms with Crippen molar-refractivity contribution in [2.24, 2.45) is 5.92 Å². The summed E-state index contributed by atoms with van der Waals surface area (Å²) in [5, 5.41) is 14.9. The van der Waals surface area contributed by atoms with E-state index in [0.717, 1.165) is 6.29 Å². The normalized spacial score (nSPS) is 16.5. The number of anilines is 1. The lowest BCUT2D eigenvalue weighted by Gasteiger charge is -2.29. The van der Waals surface area contributed by atoms with Gasteiger partial charge < -0.3 is 24.8 Å². The Balaban J connectivity index is 1.45. The molecule has 1 fully saturated rings. The molecule has 4 rings (SSSR count). The first kappa shape index (κ1) is 29.2. The molecule has 0 bridgehead atoms. The first-order chi connectivity index (χ1) is 19.6. The summed E-state index contributed by atoms with van der Waals surface area (Å²) in [5.41, 5.74) is 0.965. The van der Waals surface area contributed by atoms with E-state index in [2.05, 4.69) is 16.7 Å². The predicted molar refractivity (Wildman–Crippen MR) is 153 cm³/mol. The summed E-state index contributed by atoms with van der Waals surface area (Å²) in [6.07, 6.45) is 2.90. The first-order valence-electron chi connectivity index (χ1n) is 13.5. The van der Waals surface area contributed by atoms with Crippen molar-refractivity contribution >= 4 is 24.0 Å². The van der Waals surface area contributed by atoms with Gasteiger partial charge in [-0.2, -0.15) is 5.26 Å². The number of alkyl carbamates (subject to hydrolysis) is 1. The maximum Gasteiger partial charge on any atom is 0.407 e. The molecule has 0 aliphatic heterocycles. The molecule has 0 saturated heterocycles. The fourth-order valence-corrected chi connectivity index (χ4v) is 4.46. The third kappa shape index (κ3) is 8.83. The highest BCUT2D eigenvalue weighted by Crippen LogP contribution is 2.34. The Bertz CT molecular complexity index is 1410. The number of aldehydes is 1. The third-order valence-electron chi connectivity index (χ3n) is 6.44. The van der Waals surface area contributed by atoms with Crippen LogP contribution in [-0.4, -0.2) is 29.9 Å². The van der Waals surface area contributed by atoms with Crippen molar-refractivity contribution in [2.75, 3.05) is 5.32 Å². The number of ether oxygens (including phenoxy) is 3. The fraction of sp³-hybridized carbons (Fsp3) is 0.312. The van der Waals surface area contributed by atoms with Crippen molar-refractivity contribution in [1.29, 1.82) is 5.26 Å². The van der Waals surface area contributed by atoms with Crippen LogP contribution in [0.25, 0.3) is 0 Å². The minimum absolute atomic E-state index is 0.0383. The average molecular weight is 556 g/mol. The Morgan fingerprint density at radius 1 is 0.854 bits per heavy atom. The Hall–Kier alpha value is -4.84. The number of nitriles is 1. The van der Waals surface area contributed by atoms with Gasteiger partial charge in [-0.1, -0.05) is 0 Å². The number of hydrogen-bond acceptors (Lipinski definition) is 7. The molecule has 0 spiro atoms. The van der Waals surface area contributed by atoms with E-state index in [4.69, 9.17) is 19.5 Å². The summed E-state index contributed by atoms with van der Waals surface area (Å²) >= 11 is 0. The van der Waals surface area contributed by atoms with Crippen molar-refractivity contribution in [3.8, 4) is 29.1 Å². The maximum absolute atomic E-state index is 13.2. The lowest BCUT2D eigenvalue weighted by molar-refractivity contribution is -0.120. The molecule has 2 amide bonds. The molecule has 1 saturated carbocycles. The van der Waals surface area contributed by atoms with Gasteiger partial charge >= 0.3 is 6.09 Å². The molecule has 0 radical (unpaired) electrons. The standard InChI is InChI=1S/C32H33N3O6/c1-32(2,3)41-31(38)35-24-10-8-23(9-11-24)30(37)34-25-16-28(39-26-12-4-21(19-33)5-13-26)18-29(17-25)40-27-14-6-22(20-36)7-15-27/h4-7,12-18,20,23-24H,8-11H2,1-3H3,(H,34,37)(H,35,38)/t23-,24-. The van der Waals surface area contributed by atoms with E-state index in [1.807, 2.05) is 20.8 Å². The molecule has 9 heteroatoms. The maximum atomic E-state index is 13.2. The molecule has 0 unspecified atom stereocenters. The van der Waals surface area contributed by atoms with E-state index in [0.29, 0.717) is 65.5 Å². The summed E-state index contributed by atoms with van der Waals surface area (Å²) in [6.45, 7) is 5.45. The topological polar surface area (TPSA) is 127 Å². The van der Waals surface area contributed by atoms with E-state index < -0.39 is 11.7 Å². The molecule has 1 aliphatic rings. The van der Waals surface area contributed by atoms with Crippen LogP contribution in [-0.2, 0) is 9.53 Å². The Labute approximate surface area is 239 Å². The number of hydrogen-bond donors (Lipinski definition) is 2. The molecule has 212 valence electrons. The minimum Gasteiger partial charge on any atom is -0.457 e. The highest BCUT2D eigenvalue weighted by molar-refractivity contribution is 5.93. The number of amides is 2. The number of nitrogens with zero attached hydrogens (tertiary/aromatic N) is 1. The largest absolute Gasteiger partial charge is 0.457 e. The van der Waals surface area contributed by atoms with Crippen molar-refractivity contribution in [3.05, 3.63) is 77.9 Å². The van der Waals surface area contributed by atoms with E-state index in [1.54, 1.807) is 66.7 Å². The molecule has 3 aromatic rings. The highest BCUT2D eigenvalue weighted by Gasteiger charge is 2.28. The molecule has 1 aliphatic carbocycles. The smallest absolute Gasteiger partial charge is 0.407 e. The van der Waals surface area contributed by atoms with E-state index in [-0.39, 0.29) is 17.9 Å². The van der Waals surface area contributed by atoms with Crippen LogP contribution in [0.3, 0.4) is 0 Å². The second-order valence-electron chi connectivity index (χ2n) is 10.9. The van der Waals surface area contributed by atoms with Gasteiger partial charge in [0.25, 0.3) is 0 Å². The molecule has 3 aromatic carbocycles. The summed E-state index contributed by atoms with van der Waals surface area (Å²) < 4.78 is 17.4. The SMILES string of the molecule is CC(C)(C)OC(=O)N[C@H]1CC[C@H](C(=O)Nc2cc(Oc3ccc(C#N)cc3)cc(Oc3ccc(C=O)cc3)c2)CC1. The van der Waals surface area contributed by atoms with Gasteiger partial charge in [-0.3, -0.25) is 9.59 Å². The van der Waals surface area contributed by atoms with Crippen molar-refractivity contribution < 1.29 is 28.6 Å². The van der Waals surface area contributed by atoms with Gasteiger partial charge in [0.2, 0.25) is 5.91 Å². The lowest BCUT2D eigenvalue weighted by Crippen LogP contribution is -2.42. The van der Waals surface area contributed by atoms with Gasteiger partial charge in [0, 0.05) is 41.4 Å². The quantitative estimate of drug-likeness (QED) is 0.287. The minimum atomic E-state index is -0.568. The lowest BCUT2D eigenvalue weighted by atomic mass is 9.85. The third-order valence-corrected chi connectivity index (χ3v) is 6.44. The van der Waals surface area contributed by atoms with Crippen molar-refractivity contribution in [3.63, 3.8) is 0 Å². The van der Waals surface area contributed by atoms with Gasteiger partial charge in [0.05, 0.1) is 11.6 Å². The van der Waals surface area contributed by atoms with Gasteiger partial charge in [-0.05, 0) is 95.0 Å². The average Bonchev–Trinajstić information content (AvgIpc) is 2.93. The van der Waals surface area contributed by atoms with E-state index in [9.17, 15) is 14.4 Å². The molecule has 0 aromatic heterocycles. The number of carbonyl (C=O) groups excluding carboxylic acids is 3. The number of benzene rings is 3. The van der Waals surface area contributed by atoms with Gasteiger partial charge in [-0.15, -0.1) is 0 Å². The number of carbonyl (C=O) groups is 3. The summed E-state index contributed by atoms with van der Waals surface area (Å²) in [5.74, 6) is 1.55. The first-order valence-corrected chi connectivity index (χ1v) is 13.5. The van der Waals surface area contributed by atoms with Crippen LogP contribution in [0.15, 0.2) is 66.7 Å². The molecule has 0 atom stereocenters. The van der Waals surface area contributed by atoms with Crippen LogP contribution >= 0.6 is 0 Å². The van der Waals surface area contributed by atoms with E-state index >= 15 is 0 Å². The van der Waals surface area contributed by atoms with Crippen LogP contribution < -0.4 is 20.1 Å². The second-order valence-corrected chi connectivity index (χ2v) is 10.9. The molecule has 2 N–H and O–H groups in total. The van der Waals surface area contributed by atoms with Crippen LogP contribution in [0.2, 0.25) is 0 Å². The van der Waals surface area contributed by atoms with Gasteiger partial charge in [-0.25, -0.2) is 4.79 Å². The number of rotatable bonds is 8. The summed E-state index contributed by atoms with van der Waals surface area (Å²) in [7, 11) is 0. The summed E-state index contributed by atoms with van der Waals surface area (Å²) in [4.78, 5) is 36.3. The van der Waals surface area contributed by atoms with E-state index in [1.165, 1.54) is 0 Å². The van der Waals surface area contributed by atoms with Crippen LogP contribution in [0.5, 0.6) is 23.0 Å². The molecule has 0 heterocycles. The summed E-state index contributed by atoms with van der Waals surface area (Å²) in [6, 6.07) is 20.5. The molecule has 41 heavy (non-hydrogen) atoms. The Kier molecular flexibility index (Phi) is 9.25.